The number of amides is 1. The second-order valence-electron chi connectivity index (χ2n) is 5.74. The van der Waals surface area contributed by atoms with Crippen LogP contribution in [0.1, 0.15) is 49.9 Å². The van der Waals surface area contributed by atoms with Crippen LogP contribution < -0.4 is 5.73 Å². The number of rotatable bonds is 3. The summed E-state index contributed by atoms with van der Waals surface area (Å²) >= 11 is 6.12. The number of hydrogen-bond donors (Lipinski definition) is 1. The van der Waals surface area contributed by atoms with Gasteiger partial charge in [-0.3, -0.25) is 4.79 Å². The van der Waals surface area contributed by atoms with Crippen molar-refractivity contribution < 1.29 is 4.79 Å². The maximum atomic E-state index is 12.5. The quantitative estimate of drug-likeness (QED) is 0.858. The van der Waals surface area contributed by atoms with Crippen molar-refractivity contribution in [2.24, 2.45) is 5.41 Å². The van der Waals surface area contributed by atoms with Gasteiger partial charge in [-0.05, 0) is 36.5 Å². The van der Waals surface area contributed by atoms with Crippen LogP contribution in [0.25, 0.3) is 0 Å². The van der Waals surface area contributed by atoms with Crippen molar-refractivity contribution in [3.63, 3.8) is 0 Å². The van der Waals surface area contributed by atoms with Crippen molar-refractivity contribution in [1.29, 1.82) is 0 Å². The average Bonchev–Trinajstić information content (AvgIpc) is 2.49. The van der Waals surface area contributed by atoms with Gasteiger partial charge < -0.3 is 10.6 Å². The van der Waals surface area contributed by atoms with Crippen molar-refractivity contribution in [2.45, 2.75) is 39.5 Å². The molecule has 4 heteroatoms. The highest BCUT2D eigenvalue weighted by Crippen LogP contribution is 2.38. The van der Waals surface area contributed by atoms with E-state index in [2.05, 4.69) is 13.8 Å². The van der Waals surface area contributed by atoms with E-state index < -0.39 is 0 Å². The fourth-order valence-corrected chi connectivity index (χ4v) is 3.22. The molecule has 0 unspecified atom stereocenters. The summed E-state index contributed by atoms with van der Waals surface area (Å²) in [6.45, 7) is 6.11. The molecule has 2 N–H and O–H groups in total. The lowest BCUT2D eigenvalue weighted by Gasteiger charge is -2.41. The first-order valence-corrected chi connectivity index (χ1v) is 7.73. The molecular weight excluding hydrogens is 272 g/mol. The predicted molar refractivity (Wildman–Crippen MR) is 84.0 cm³/mol. The highest BCUT2D eigenvalue weighted by Gasteiger charge is 2.33. The zero-order valence-corrected chi connectivity index (χ0v) is 13.0. The van der Waals surface area contributed by atoms with Gasteiger partial charge in [-0.15, -0.1) is 0 Å². The second-order valence-corrected chi connectivity index (χ2v) is 6.15. The average molecular weight is 295 g/mol. The Morgan fingerprint density at radius 1 is 1.30 bits per heavy atom. The first kappa shape index (κ1) is 15.2. The molecular formula is C16H23ClN2O. The molecule has 1 aromatic rings. The number of halogens is 1. The minimum Gasteiger partial charge on any atom is -0.399 e. The molecule has 20 heavy (non-hydrogen) atoms. The molecule has 3 nitrogen and oxygen atoms in total. The minimum atomic E-state index is 0.00288. The van der Waals surface area contributed by atoms with Gasteiger partial charge in [0.2, 0.25) is 0 Å². The first-order valence-electron chi connectivity index (χ1n) is 7.35. The van der Waals surface area contributed by atoms with Gasteiger partial charge in [0.1, 0.15) is 0 Å². The number of nitrogens with zero attached hydrogens (tertiary/aromatic N) is 1. The van der Waals surface area contributed by atoms with Gasteiger partial charge in [0.05, 0.1) is 10.6 Å². The van der Waals surface area contributed by atoms with Crippen LogP contribution in [0.15, 0.2) is 18.2 Å². The molecule has 0 spiro atoms. The van der Waals surface area contributed by atoms with Crippen LogP contribution in [-0.4, -0.2) is 23.9 Å². The molecule has 0 saturated carbocycles. The third-order valence-corrected chi connectivity index (χ3v) is 5.16. The van der Waals surface area contributed by atoms with E-state index in [1.54, 1.807) is 18.2 Å². The number of likely N-dealkylation sites (tertiary alicyclic amines) is 1. The predicted octanol–water partition coefficient (Wildman–Crippen LogP) is 3.96. The summed E-state index contributed by atoms with van der Waals surface area (Å²) in [7, 11) is 0. The number of hydrogen-bond acceptors (Lipinski definition) is 2. The van der Waals surface area contributed by atoms with E-state index in [1.807, 2.05) is 4.90 Å². The number of nitrogen functional groups attached to an aromatic ring is 1. The lowest BCUT2D eigenvalue weighted by Crippen LogP contribution is -2.42. The fourth-order valence-electron chi connectivity index (χ4n) is 3.02. The van der Waals surface area contributed by atoms with Crippen LogP contribution in [0.4, 0.5) is 5.69 Å². The van der Waals surface area contributed by atoms with Gasteiger partial charge >= 0.3 is 0 Å². The van der Waals surface area contributed by atoms with Gasteiger partial charge in [0.15, 0.2) is 0 Å². The topological polar surface area (TPSA) is 46.3 Å². The van der Waals surface area contributed by atoms with Crippen molar-refractivity contribution in [3.8, 4) is 0 Å². The third kappa shape index (κ3) is 2.93. The Morgan fingerprint density at radius 3 is 2.45 bits per heavy atom. The molecule has 1 aliphatic heterocycles. The smallest absolute Gasteiger partial charge is 0.255 e. The Balaban J connectivity index is 2.10. The highest BCUT2D eigenvalue weighted by molar-refractivity contribution is 6.34. The zero-order valence-electron chi connectivity index (χ0n) is 12.3. The van der Waals surface area contributed by atoms with Crippen LogP contribution >= 0.6 is 11.6 Å². The molecule has 0 bridgehead atoms. The van der Waals surface area contributed by atoms with Crippen molar-refractivity contribution >= 4 is 23.2 Å². The highest BCUT2D eigenvalue weighted by atomic mass is 35.5. The lowest BCUT2D eigenvalue weighted by molar-refractivity contribution is 0.0558. The fraction of sp³-hybridized carbons (Fsp3) is 0.562. The number of benzene rings is 1. The van der Waals surface area contributed by atoms with Crippen molar-refractivity contribution in [2.75, 3.05) is 18.8 Å². The molecule has 1 amide bonds. The van der Waals surface area contributed by atoms with E-state index in [1.165, 1.54) is 12.8 Å². The van der Waals surface area contributed by atoms with Gasteiger partial charge in [-0.1, -0.05) is 38.3 Å². The summed E-state index contributed by atoms with van der Waals surface area (Å²) in [5, 5.41) is 0.479. The van der Waals surface area contributed by atoms with Crippen LogP contribution in [0.3, 0.4) is 0 Å². The number of anilines is 1. The molecule has 1 saturated heterocycles. The van der Waals surface area contributed by atoms with Crippen LogP contribution in [0, 0.1) is 5.41 Å². The van der Waals surface area contributed by atoms with E-state index >= 15 is 0 Å². The van der Waals surface area contributed by atoms with E-state index in [-0.39, 0.29) is 5.91 Å². The summed E-state index contributed by atoms with van der Waals surface area (Å²) in [5.74, 6) is 0.00288. The van der Waals surface area contributed by atoms with Gasteiger partial charge in [0.25, 0.3) is 5.91 Å². The normalized spacial score (nSPS) is 18.1. The Bertz CT molecular complexity index is 487. The van der Waals surface area contributed by atoms with Crippen LogP contribution in [0.5, 0.6) is 0 Å². The largest absolute Gasteiger partial charge is 0.399 e. The summed E-state index contributed by atoms with van der Waals surface area (Å²) < 4.78 is 0. The Morgan fingerprint density at radius 2 is 1.90 bits per heavy atom. The molecule has 2 rings (SSSR count). The minimum absolute atomic E-state index is 0.00288. The monoisotopic (exact) mass is 294 g/mol. The van der Waals surface area contributed by atoms with Crippen LogP contribution in [-0.2, 0) is 0 Å². The Labute approximate surface area is 126 Å². The molecule has 0 radical (unpaired) electrons. The third-order valence-electron chi connectivity index (χ3n) is 4.83. The van der Waals surface area contributed by atoms with Gasteiger partial charge in [-0.2, -0.15) is 0 Å². The standard InChI is InChI=1S/C16H23ClN2O/c1-3-16(4-2)7-9-19(10-8-16)15(20)13-11-12(18)5-6-14(13)17/h5-6,11H,3-4,7-10,18H2,1-2H3. The van der Waals surface area contributed by atoms with E-state index in [0.29, 0.717) is 21.7 Å². The van der Waals surface area contributed by atoms with E-state index in [9.17, 15) is 4.79 Å². The zero-order chi connectivity index (χ0) is 14.8. The Kier molecular flexibility index (Phi) is 4.59. The molecule has 1 aromatic carbocycles. The Hall–Kier alpha value is -1.22. The summed E-state index contributed by atoms with van der Waals surface area (Å²) in [5.41, 5.74) is 7.26. The summed E-state index contributed by atoms with van der Waals surface area (Å²) in [4.78, 5) is 14.5. The van der Waals surface area contributed by atoms with Crippen LogP contribution in [0.2, 0.25) is 5.02 Å². The van der Waals surface area contributed by atoms with E-state index in [4.69, 9.17) is 17.3 Å². The number of carbonyl (C=O) groups excluding carboxylic acids is 1. The number of nitrogens with two attached hydrogens (primary N) is 1. The SMILES string of the molecule is CCC1(CC)CCN(C(=O)c2cc(N)ccc2Cl)CC1. The van der Waals surface area contributed by atoms with Gasteiger partial charge in [-0.25, -0.2) is 0 Å². The van der Waals surface area contributed by atoms with Crippen molar-refractivity contribution in [1.82, 2.24) is 4.90 Å². The molecule has 110 valence electrons. The lowest BCUT2D eigenvalue weighted by atomic mass is 9.74. The molecule has 1 aliphatic rings. The number of carbonyl (C=O) groups is 1. The maximum Gasteiger partial charge on any atom is 0.255 e. The number of piperidine rings is 1. The molecule has 1 heterocycles. The maximum absolute atomic E-state index is 12.5. The summed E-state index contributed by atoms with van der Waals surface area (Å²) in [6.07, 6.45) is 4.52. The van der Waals surface area contributed by atoms with E-state index in [0.717, 1.165) is 25.9 Å². The molecule has 0 aliphatic carbocycles. The summed E-state index contributed by atoms with van der Waals surface area (Å²) in [6, 6.07) is 5.08. The van der Waals surface area contributed by atoms with Crippen molar-refractivity contribution in [3.05, 3.63) is 28.8 Å². The molecule has 1 fully saturated rings. The molecule has 0 atom stereocenters. The second kappa shape index (κ2) is 6.04. The first-order chi connectivity index (χ1) is 9.51. The molecule has 0 aromatic heterocycles. The van der Waals surface area contributed by atoms with Gasteiger partial charge in [0, 0.05) is 18.8 Å².